The topological polar surface area (TPSA) is 37.3 Å². The van der Waals surface area contributed by atoms with Crippen LogP contribution < -0.4 is 0 Å². The molecule has 0 aliphatic heterocycles. The largest absolute Gasteiger partial charge is 0.481 e. The van der Waals surface area contributed by atoms with Gasteiger partial charge in [-0.3, -0.25) is 4.79 Å². The summed E-state index contributed by atoms with van der Waals surface area (Å²) in [5.41, 5.74) is 1.79. The molecular weight excluding hydrogens is 176 g/mol. The Labute approximate surface area is 86.3 Å². The molecule has 0 spiro atoms. The standard InChI is InChI=1S/C12H20O2/c1-4-6-7-8-10-12(3,9-5-2)11(13)14/h9H,2,4,6-8,10H2,1,3H3,(H,13,14). The number of carbonyl (C=O) groups is 1. The van der Waals surface area contributed by atoms with Crippen LogP contribution in [0, 0.1) is 5.41 Å². The number of rotatable bonds is 7. The van der Waals surface area contributed by atoms with E-state index in [0.29, 0.717) is 6.42 Å². The highest BCUT2D eigenvalue weighted by atomic mass is 16.4. The van der Waals surface area contributed by atoms with Crippen LogP contribution in [-0.4, -0.2) is 11.1 Å². The van der Waals surface area contributed by atoms with Crippen LogP contribution in [0.3, 0.4) is 0 Å². The summed E-state index contributed by atoms with van der Waals surface area (Å²) in [6.07, 6.45) is 6.62. The predicted molar refractivity (Wildman–Crippen MR) is 58.2 cm³/mol. The molecule has 0 saturated heterocycles. The van der Waals surface area contributed by atoms with Crippen LogP contribution in [0.25, 0.3) is 0 Å². The van der Waals surface area contributed by atoms with Crippen LogP contribution in [0.4, 0.5) is 0 Å². The second-order valence-corrected chi connectivity index (χ2v) is 3.88. The van der Waals surface area contributed by atoms with Gasteiger partial charge >= 0.3 is 5.97 Å². The van der Waals surface area contributed by atoms with Crippen LogP contribution in [0.2, 0.25) is 0 Å². The summed E-state index contributed by atoms with van der Waals surface area (Å²) >= 11 is 0. The van der Waals surface area contributed by atoms with Crippen molar-refractivity contribution in [3.8, 4) is 0 Å². The fraction of sp³-hybridized carbons (Fsp3) is 0.667. The van der Waals surface area contributed by atoms with Gasteiger partial charge in [0.05, 0.1) is 5.41 Å². The molecule has 0 radical (unpaired) electrons. The zero-order valence-electron chi connectivity index (χ0n) is 9.18. The maximum Gasteiger partial charge on any atom is 0.313 e. The maximum atomic E-state index is 11.0. The molecule has 1 N–H and O–H groups in total. The molecule has 0 rings (SSSR count). The first-order valence-corrected chi connectivity index (χ1v) is 5.17. The average molecular weight is 196 g/mol. The molecule has 1 unspecified atom stereocenters. The molecule has 0 bridgehead atoms. The highest BCUT2D eigenvalue weighted by molar-refractivity contribution is 5.76. The zero-order chi connectivity index (χ0) is 11.0. The smallest absolute Gasteiger partial charge is 0.313 e. The van der Waals surface area contributed by atoms with E-state index in [9.17, 15) is 4.79 Å². The average Bonchev–Trinajstić information content (AvgIpc) is 2.13. The van der Waals surface area contributed by atoms with E-state index in [1.54, 1.807) is 13.0 Å². The summed E-state index contributed by atoms with van der Waals surface area (Å²) in [7, 11) is 0. The molecule has 0 aliphatic carbocycles. The lowest BCUT2D eigenvalue weighted by Crippen LogP contribution is -2.24. The fourth-order valence-corrected chi connectivity index (χ4v) is 1.39. The molecule has 0 aromatic heterocycles. The van der Waals surface area contributed by atoms with E-state index in [4.69, 9.17) is 5.11 Å². The Morgan fingerprint density at radius 3 is 2.57 bits per heavy atom. The van der Waals surface area contributed by atoms with Crippen LogP contribution >= 0.6 is 0 Å². The molecule has 80 valence electrons. The van der Waals surface area contributed by atoms with Gasteiger partial charge in [0.25, 0.3) is 0 Å². The molecule has 0 aliphatic rings. The lowest BCUT2D eigenvalue weighted by molar-refractivity contribution is -0.145. The van der Waals surface area contributed by atoms with Gasteiger partial charge in [0.15, 0.2) is 0 Å². The highest BCUT2D eigenvalue weighted by Crippen LogP contribution is 2.26. The Hall–Kier alpha value is -1.01. The Morgan fingerprint density at radius 1 is 1.50 bits per heavy atom. The van der Waals surface area contributed by atoms with Gasteiger partial charge in [0.2, 0.25) is 0 Å². The van der Waals surface area contributed by atoms with Crippen molar-refractivity contribution >= 4 is 5.97 Å². The van der Waals surface area contributed by atoms with Crippen molar-refractivity contribution in [2.75, 3.05) is 0 Å². The Balaban J connectivity index is 4.11. The molecule has 0 fully saturated rings. The molecule has 14 heavy (non-hydrogen) atoms. The first-order chi connectivity index (χ1) is 6.56. The Morgan fingerprint density at radius 2 is 2.14 bits per heavy atom. The third-order valence-electron chi connectivity index (χ3n) is 2.46. The van der Waals surface area contributed by atoms with Crippen molar-refractivity contribution in [2.45, 2.75) is 46.0 Å². The molecule has 0 amide bonds. The van der Waals surface area contributed by atoms with Crippen LogP contribution in [-0.2, 0) is 4.79 Å². The lowest BCUT2D eigenvalue weighted by Gasteiger charge is -2.19. The summed E-state index contributed by atoms with van der Waals surface area (Å²) in [4.78, 5) is 11.0. The molecule has 1 atom stereocenters. The van der Waals surface area contributed by atoms with Gasteiger partial charge in [-0.15, -0.1) is 5.73 Å². The predicted octanol–water partition coefficient (Wildman–Crippen LogP) is 3.39. The SMILES string of the molecule is C=C=CC(C)(CCCCCC)C(=O)O. The Bertz CT molecular complexity index is 222. The summed E-state index contributed by atoms with van der Waals surface area (Å²) in [5.74, 6) is -0.787. The minimum atomic E-state index is -0.787. The summed E-state index contributed by atoms with van der Waals surface area (Å²) in [6, 6.07) is 0. The van der Waals surface area contributed by atoms with Crippen molar-refractivity contribution in [1.29, 1.82) is 0 Å². The van der Waals surface area contributed by atoms with Gasteiger partial charge in [-0.2, -0.15) is 0 Å². The van der Waals surface area contributed by atoms with Crippen LogP contribution in [0.5, 0.6) is 0 Å². The number of carboxylic acid groups (broad SMARTS) is 1. The molecule has 2 heteroatoms. The van der Waals surface area contributed by atoms with Crippen LogP contribution in [0.15, 0.2) is 18.4 Å². The lowest BCUT2D eigenvalue weighted by atomic mass is 9.84. The highest BCUT2D eigenvalue weighted by Gasteiger charge is 2.29. The van der Waals surface area contributed by atoms with E-state index in [0.717, 1.165) is 12.8 Å². The summed E-state index contributed by atoms with van der Waals surface area (Å²) in [5, 5.41) is 9.02. The number of hydrogen-bond acceptors (Lipinski definition) is 1. The summed E-state index contributed by atoms with van der Waals surface area (Å²) in [6.45, 7) is 7.29. The van der Waals surface area contributed by atoms with Gasteiger partial charge in [-0.1, -0.05) is 39.2 Å². The van der Waals surface area contributed by atoms with E-state index >= 15 is 0 Å². The van der Waals surface area contributed by atoms with Gasteiger partial charge in [0.1, 0.15) is 0 Å². The zero-order valence-corrected chi connectivity index (χ0v) is 9.18. The molecule has 0 heterocycles. The Kier molecular flexibility index (Phi) is 5.98. The van der Waals surface area contributed by atoms with E-state index < -0.39 is 11.4 Å². The van der Waals surface area contributed by atoms with Gasteiger partial charge in [-0.25, -0.2) is 0 Å². The van der Waals surface area contributed by atoms with Crippen molar-refractivity contribution in [3.05, 3.63) is 18.4 Å². The van der Waals surface area contributed by atoms with Crippen molar-refractivity contribution < 1.29 is 9.90 Å². The van der Waals surface area contributed by atoms with Crippen molar-refractivity contribution in [1.82, 2.24) is 0 Å². The van der Waals surface area contributed by atoms with Crippen molar-refractivity contribution in [3.63, 3.8) is 0 Å². The molecule has 0 aromatic carbocycles. The maximum absolute atomic E-state index is 11.0. The molecule has 0 saturated carbocycles. The number of unbranched alkanes of at least 4 members (excludes halogenated alkanes) is 3. The fourth-order valence-electron chi connectivity index (χ4n) is 1.39. The quantitative estimate of drug-likeness (QED) is 0.500. The summed E-state index contributed by atoms with van der Waals surface area (Å²) < 4.78 is 0. The number of carboxylic acids is 1. The normalized spacial score (nSPS) is 14.1. The monoisotopic (exact) mass is 196 g/mol. The van der Waals surface area contributed by atoms with E-state index in [-0.39, 0.29) is 0 Å². The minimum Gasteiger partial charge on any atom is -0.481 e. The van der Waals surface area contributed by atoms with Crippen LogP contribution in [0.1, 0.15) is 46.0 Å². The second kappa shape index (κ2) is 6.44. The second-order valence-electron chi connectivity index (χ2n) is 3.88. The number of aliphatic carboxylic acids is 1. The first kappa shape index (κ1) is 13.0. The van der Waals surface area contributed by atoms with E-state index in [1.165, 1.54) is 12.8 Å². The third-order valence-corrected chi connectivity index (χ3v) is 2.46. The third kappa shape index (κ3) is 4.29. The number of hydrogen-bond donors (Lipinski definition) is 1. The van der Waals surface area contributed by atoms with Crippen molar-refractivity contribution in [2.24, 2.45) is 5.41 Å². The van der Waals surface area contributed by atoms with Gasteiger partial charge < -0.3 is 5.11 Å². The van der Waals surface area contributed by atoms with Gasteiger partial charge in [-0.05, 0) is 19.4 Å². The minimum absolute atomic E-state index is 0.671. The van der Waals surface area contributed by atoms with E-state index in [1.807, 2.05) is 0 Å². The van der Waals surface area contributed by atoms with E-state index in [2.05, 4.69) is 19.2 Å². The molecular formula is C12H20O2. The first-order valence-electron chi connectivity index (χ1n) is 5.17. The van der Waals surface area contributed by atoms with Gasteiger partial charge in [0, 0.05) is 0 Å². The molecule has 2 nitrogen and oxygen atoms in total. The molecule has 0 aromatic rings.